The van der Waals surface area contributed by atoms with Crippen LogP contribution in [0, 0.1) is 29.6 Å². The zero-order valence-electron chi connectivity index (χ0n) is 38.7. The summed E-state index contributed by atoms with van der Waals surface area (Å²) in [5.41, 5.74) is 1.57. The molecule has 0 spiro atoms. The molecule has 358 valence electrons. The fourth-order valence-electron chi connectivity index (χ4n) is 9.96. The standard InChI is InChI=1S/C47H75NO14S/c1-27-20-28(2)22-39(59-7)43-40(60-8)24-30(4)47(57,62-43)44(54)45(55)48-17-10-9-13-34(48)46(56)61-42(29(3)23-32-14-15-35(49)38(25-32)58-6)31(5)36(50)26-37(51)33(21-27)12-11-18-63-19-16-41(52)53/h21,23,28,30-36,38-40,42-43,49-50,57H,9-20,22,24-26H2,1-8H3,(H,52,53)/b27-21+,29-23+/t28-,30+,31+,32-,33+,34-,35+,36-,38+,39-,40-,42+,43+,47+/m0/s1. The summed E-state index contributed by atoms with van der Waals surface area (Å²) in [4.78, 5) is 69.5. The molecule has 3 aliphatic heterocycles. The number of hydrogen-bond acceptors (Lipinski definition) is 14. The summed E-state index contributed by atoms with van der Waals surface area (Å²) < 4.78 is 29.9. The summed E-state index contributed by atoms with van der Waals surface area (Å²) in [6.07, 6.45) is 3.63. The number of thioether (sulfide) groups is 1. The van der Waals surface area contributed by atoms with Gasteiger partial charge < -0.3 is 49.0 Å². The van der Waals surface area contributed by atoms with E-state index in [0.717, 1.165) is 5.57 Å². The zero-order valence-corrected chi connectivity index (χ0v) is 39.5. The van der Waals surface area contributed by atoms with E-state index in [2.05, 4.69) is 0 Å². The van der Waals surface area contributed by atoms with Crippen LogP contribution in [0.1, 0.15) is 118 Å². The largest absolute Gasteiger partial charge is 0.481 e. The Hall–Kier alpha value is -2.70. The quantitative estimate of drug-likeness (QED) is 0.0873. The van der Waals surface area contributed by atoms with Gasteiger partial charge in [0.1, 0.15) is 24.0 Å². The van der Waals surface area contributed by atoms with Gasteiger partial charge >= 0.3 is 11.9 Å². The lowest BCUT2D eigenvalue weighted by Crippen LogP contribution is -2.64. The molecule has 1 saturated carbocycles. The minimum Gasteiger partial charge on any atom is -0.481 e. The SMILES string of the molecule is CO[C@H]1C[C@@H](C)C/C(C)=C/[C@@H](CCCSCCC(=O)O)C(=O)C[C@H](O)[C@@H](C)[C@@H](/C(C)=C/[C@@H]2CC[C@@H](O)[C@H](OC)C2)OC(=O)[C@@H]2CCCCN2C(=O)C(=O)[C@]2(O)O[C@H]1[C@@H](OC)C[C@H]2C. The van der Waals surface area contributed by atoms with Crippen molar-refractivity contribution in [3.05, 3.63) is 23.3 Å². The zero-order chi connectivity index (χ0) is 46.6. The van der Waals surface area contributed by atoms with Crippen molar-refractivity contribution in [2.45, 2.75) is 173 Å². The second-order valence-corrected chi connectivity index (χ2v) is 19.9. The number of amides is 1. The first-order valence-electron chi connectivity index (χ1n) is 22.9. The monoisotopic (exact) mass is 909 g/mol. The molecule has 14 atom stereocenters. The van der Waals surface area contributed by atoms with Crippen LogP contribution >= 0.6 is 11.8 Å². The third-order valence-corrected chi connectivity index (χ3v) is 14.8. The van der Waals surface area contributed by atoms with Gasteiger partial charge in [-0.1, -0.05) is 38.5 Å². The normalized spacial score (nSPS) is 38.2. The van der Waals surface area contributed by atoms with E-state index in [1.807, 2.05) is 26.0 Å². The number of rotatable bonds is 12. The number of cyclic esters (lactones) is 1. The molecule has 15 nitrogen and oxygen atoms in total. The predicted octanol–water partition coefficient (Wildman–Crippen LogP) is 5.05. The van der Waals surface area contributed by atoms with Gasteiger partial charge in [0.2, 0.25) is 5.79 Å². The summed E-state index contributed by atoms with van der Waals surface area (Å²) in [5.74, 6) is -7.72. The van der Waals surface area contributed by atoms with Crippen LogP contribution in [0.4, 0.5) is 0 Å². The van der Waals surface area contributed by atoms with Crippen LogP contribution in [-0.4, -0.2) is 149 Å². The van der Waals surface area contributed by atoms with E-state index in [0.29, 0.717) is 74.9 Å². The van der Waals surface area contributed by atoms with Crippen molar-refractivity contribution in [2.75, 3.05) is 39.4 Å². The van der Waals surface area contributed by atoms with Gasteiger partial charge in [-0.15, -0.1) is 0 Å². The van der Waals surface area contributed by atoms with E-state index in [1.54, 1.807) is 27.9 Å². The van der Waals surface area contributed by atoms with Crippen molar-refractivity contribution in [1.82, 2.24) is 4.90 Å². The van der Waals surface area contributed by atoms with Crippen LogP contribution in [-0.2, 0) is 47.7 Å². The average Bonchev–Trinajstić information content (AvgIpc) is 3.25. The lowest BCUT2D eigenvalue weighted by atomic mass is 9.81. The summed E-state index contributed by atoms with van der Waals surface area (Å²) in [7, 11) is 4.58. The number of carbonyl (C=O) groups is 5. The van der Waals surface area contributed by atoms with Crippen LogP contribution in [0.15, 0.2) is 23.3 Å². The molecular formula is C47H75NO14S. The number of fused-ring (bicyclic) bond motifs is 3. The smallest absolute Gasteiger partial charge is 0.329 e. The van der Waals surface area contributed by atoms with Gasteiger partial charge in [-0.05, 0) is 108 Å². The lowest BCUT2D eigenvalue weighted by molar-refractivity contribution is -0.302. The second-order valence-electron chi connectivity index (χ2n) is 18.6. The van der Waals surface area contributed by atoms with Crippen LogP contribution in [0.3, 0.4) is 0 Å². The number of carboxylic acid groups (broad SMARTS) is 1. The van der Waals surface area contributed by atoms with E-state index >= 15 is 0 Å². The highest BCUT2D eigenvalue weighted by Gasteiger charge is 2.56. The number of hydrogen-bond donors (Lipinski definition) is 4. The first-order valence-corrected chi connectivity index (χ1v) is 24.1. The van der Waals surface area contributed by atoms with E-state index in [-0.39, 0.29) is 56.0 Å². The van der Waals surface area contributed by atoms with Crippen molar-refractivity contribution in [2.24, 2.45) is 29.6 Å². The Morgan fingerprint density at radius 1 is 0.921 bits per heavy atom. The Balaban J connectivity index is 1.76. The topological polar surface area (TPSA) is 216 Å². The van der Waals surface area contributed by atoms with Gasteiger partial charge in [0.15, 0.2) is 0 Å². The summed E-state index contributed by atoms with van der Waals surface area (Å²) in [6, 6.07) is -1.17. The van der Waals surface area contributed by atoms with Crippen LogP contribution in [0.2, 0.25) is 0 Å². The summed E-state index contributed by atoms with van der Waals surface area (Å²) in [5, 5.41) is 43.5. The summed E-state index contributed by atoms with van der Waals surface area (Å²) in [6.45, 7) is 9.20. The Morgan fingerprint density at radius 2 is 1.60 bits per heavy atom. The molecule has 4 rings (SSSR count). The predicted molar refractivity (Wildman–Crippen MR) is 237 cm³/mol. The number of ether oxygens (including phenoxy) is 5. The Bertz CT molecular complexity index is 1620. The van der Waals surface area contributed by atoms with E-state index in [1.165, 1.54) is 30.9 Å². The van der Waals surface area contributed by atoms with Gasteiger partial charge in [0, 0.05) is 57.8 Å². The minimum absolute atomic E-state index is 0.0292. The van der Waals surface area contributed by atoms with Gasteiger partial charge in [-0.25, -0.2) is 4.79 Å². The van der Waals surface area contributed by atoms with Crippen LogP contribution in [0.25, 0.3) is 0 Å². The fourth-order valence-corrected chi connectivity index (χ4v) is 10.9. The number of esters is 1. The maximum absolute atomic E-state index is 14.4. The van der Waals surface area contributed by atoms with Gasteiger partial charge in [0.05, 0.1) is 36.9 Å². The number of nitrogens with zero attached hydrogens (tertiary/aromatic N) is 1. The molecule has 2 bridgehead atoms. The number of aliphatic hydroxyl groups excluding tert-OH is 2. The number of ketones is 2. The summed E-state index contributed by atoms with van der Waals surface area (Å²) >= 11 is 1.52. The van der Waals surface area contributed by atoms with Gasteiger partial charge in [0.25, 0.3) is 11.7 Å². The molecule has 0 aromatic heterocycles. The molecule has 0 aromatic rings. The van der Waals surface area contributed by atoms with Crippen molar-refractivity contribution < 1.29 is 68.1 Å². The van der Waals surface area contributed by atoms with E-state index in [4.69, 9.17) is 28.8 Å². The van der Waals surface area contributed by atoms with Gasteiger partial charge in [-0.3, -0.25) is 19.2 Å². The molecule has 4 aliphatic rings. The van der Waals surface area contributed by atoms with Crippen molar-refractivity contribution in [1.29, 1.82) is 0 Å². The molecule has 1 amide bonds. The Labute approximate surface area is 378 Å². The Kier molecular flexibility index (Phi) is 20.8. The highest BCUT2D eigenvalue weighted by molar-refractivity contribution is 7.99. The molecule has 3 fully saturated rings. The van der Waals surface area contributed by atoms with E-state index in [9.17, 15) is 39.3 Å². The molecule has 2 saturated heterocycles. The minimum atomic E-state index is -2.54. The first-order chi connectivity index (χ1) is 29.8. The molecule has 0 radical (unpaired) electrons. The fraction of sp³-hybridized carbons (Fsp3) is 0.809. The number of aliphatic carboxylic acids is 1. The molecule has 63 heavy (non-hydrogen) atoms. The van der Waals surface area contributed by atoms with Crippen molar-refractivity contribution in [3.8, 4) is 0 Å². The van der Waals surface area contributed by atoms with Gasteiger partial charge in [-0.2, -0.15) is 11.8 Å². The van der Waals surface area contributed by atoms with Crippen molar-refractivity contribution >= 4 is 41.2 Å². The maximum Gasteiger partial charge on any atom is 0.329 e. The highest BCUT2D eigenvalue weighted by atomic mass is 32.2. The lowest BCUT2D eigenvalue weighted by Gasteiger charge is -2.47. The van der Waals surface area contributed by atoms with Crippen molar-refractivity contribution in [3.63, 3.8) is 0 Å². The van der Waals surface area contributed by atoms with E-state index < -0.39 is 89.8 Å². The number of aliphatic hydroxyl groups is 3. The average molecular weight is 910 g/mol. The molecule has 16 heteroatoms. The van der Waals surface area contributed by atoms with Crippen LogP contribution in [0.5, 0.6) is 0 Å². The number of carbonyl (C=O) groups excluding carboxylic acids is 4. The third-order valence-electron chi connectivity index (χ3n) is 13.7. The second kappa shape index (κ2) is 24.7. The number of methoxy groups -OCH3 is 3. The molecule has 3 heterocycles. The molecular weight excluding hydrogens is 835 g/mol. The third kappa shape index (κ3) is 14.2. The Morgan fingerprint density at radius 3 is 2.27 bits per heavy atom. The number of carboxylic acids is 1. The number of piperidine rings is 1. The highest BCUT2D eigenvalue weighted by Crippen LogP contribution is 2.39. The number of Topliss-reactive ketones (excluding diaryl/α,β-unsaturated/α-hetero) is 2. The first kappa shape index (κ1) is 52.9. The maximum atomic E-state index is 14.4. The molecule has 1 aliphatic carbocycles. The molecule has 0 aromatic carbocycles. The molecule has 4 N–H and O–H groups in total. The number of allylic oxidation sites excluding steroid dienone is 3. The van der Waals surface area contributed by atoms with Crippen LogP contribution < -0.4 is 0 Å². The molecule has 0 unspecified atom stereocenters.